The Kier molecular flexibility index (Phi) is 4.59. The van der Waals surface area contributed by atoms with Crippen LogP contribution in [0.25, 0.3) is 0 Å². The van der Waals surface area contributed by atoms with Crippen molar-refractivity contribution < 1.29 is 9.90 Å². The Labute approximate surface area is 67.9 Å². The topological polar surface area (TPSA) is 37.3 Å². The van der Waals surface area contributed by atoms with E-state index >= 15 is 0 Å². The van der Waals surface area contributed by atoms with Crippen LogP contribution in [-0.4, -0.2) is 11.1 Å². The zero-order valence-electron chi connectivity index (χ0n) is 7.48. The molecule has 0 amide bonds. The smallest absolute Gasteiger partial charge is 0.303 e. The van der Waals surface area contributed by atoms with Gasteiger partial charge in [0.15, 0.2) is 0 Å². The number of carbonyl (C=O) groups is 1. The maximum Gasteiger partial charge on any atom is 0.303 e. The number of allylic oxidation sites excluding steroid dienone is 2. The minimum absolute atomic E-state index is 0.282. The molecule has 0 heterocycles. The lowest BCUT2D eigenvalue weighted by molar-refractivity contribution is -0.137. The van der Waals surface area contributed by atoms with Crippen molar-refractivity contribution in [3.8, 4) is 0 Å². The third-order valence-electron chi connectivity index (χ3n) is 1.80. The monoisotopic (exact) mass is 156 g/mol. The van der Waals surface area contributed by atoms with Crippen LogP contribution in [0.5, 0.6) is 0 Å². The van der Waals surface area contributed by atoms with Crippen LogP contribution in [0, 0.1) is 0 Å². The summed E-state index contributed by atoms with van der Waals surface area (Å²) in [4.78, 5) is 10.1. The van der Waals surface area contributed by atoms with Crippen molar-refractivity contribution in [2.45, 2.75) is 40.0 Å². The van der Waals surface area contributed by atoms with E-state index < -0.39 is 5.97 Å². The molecule has 0 aromatic rings. The molecule has 1 N–H and O–H groups in total. The third kappa shape index (κ3) is 5.64. The highest BCUT2D eigenvalue weighted by molar-refractivity contribution is 5.66. The Morgan fingerprint density at radius 3 is 2.09 bits per heavy atom. The minimum Gasteiger partial charge on any atom is -0.481 e. The van der Waals surface area contributed by atoms with E-state index in [9.17, 15) is 4.79 Å². The summed E-state index contributed by atoms with van der Waals surface area (Å²) in [6, 6.07) is 0. The standard InChI is InChI=1S/C9H16O2/c1-7(2)8(3)5-4-6-9(10)11/h4-6H2,1-3H3,(H,10,11). The molecule has 0 spiro atoms. The highest BCUT2D eigenvalue weighted by atomic mass is 16.4. The summed E-state index contributed by atoms with van der Waals surface area (Å²) < 4.78 is 0. The Hall–Kier alpha value is -0.790. The molecule has 0 atom stereocenters. The molecule has 0 aliphatic rings. The van der Waals surface area contributed by atoms with E-state index in [1.165, 1.54) is 11.1 Å². The van der Waals surface area contributed by atoms with E-state index in [1.807, 2.05) is 0 Å². The van der Waals surface area contributed by atoms with Crippen molar-refractivity contribution in [2.75, 3.05) is 0 Å². The van der Waals surface area contributed by atoms with Gasteiger partial charge in [-0.2, -0.15) is 0 Å². The first-order valence-corrected chi connectivity index (χ1v) is 3.88. The number of hydrogen-bond donors (Lipinski definition) is 1. The first-order valence-electron chi connectivity index (χ1n) is 3.88. The zero-order chi connectivity index (χ0) is 8.85. The van der Waals surface area contributed by atoms with E-state index in [-0.39, 0.29) is 6.42 Å². The van der Waals surface area contributed by atoms with Gasteiger partial charge in [-0.3, -0.25) is 4.79 Å². The lowest BCUT2D eigenvalue weighted by Gasteiger charge is -2.00. The Morgan fingerprint density at radius 1 is 1.18 bits per heavy atom. The van der Waals surface area contributed by atoms with E-state index in [2.05, 4.69) is 20.8 Å². The van der Waals surface area contributed by atoms with Crippen molar-refractivity contribution in [3.63, 3.8) is 0 Å². The lowest BCUT2D eigenvalue weighted by Crippen LogP contribution is -1.94. The SMILES string of the molecule is CC(C)=C(C)CCCC(=O)O. The molecule has 0 aliphatic carbocycles. The van der Waals surface area contributed by atoms with E-state index in [1.54, 1.807) is 0 Å². The third-order valence-corrected chi connectivity index (χ3v) is 1.80. The molecule has 0 bridgehead atoms. The van der Waals surface area contributed by atoms with Crippen molar-refractivity contribution in [1.29, 1.82) is 0 Å². The van der Waals surface area contributed by atoms with Gasteiger partial charge < -0.3 is 5.11 Å². The van der Waals surface area contributed by atoms with Crippen LogP contribution in [0.1, 0.15) is 40.0 Å². The van der Waals surface area contributed by atoms with Gasteiger partial charge in [0.2, 0.25) is 0 Å². The average molecular weight is 156 g/mol. The normalized spacial score (nSPS) is 9.36. The molecule has 0 fully saturated rings. The largest absolute Gasteiger partial charge is 0.481 e. The molecule has 64 valence electrons. The molecule has 2 heteroatoms. The second-order valence-electron chi connectivity index (χ2n) is 3.03. The zero-order valence-corrected chi connectivity index (χ0v) is 7.48. The minimum atomic E-state index is -0.702. The number of aliphatic carboxylic acids is 1. The van der Waals surface area contributed by atoms with Crippen LogP contribution < -0.4 is 0 Å². The van der Waals surface area contributed by atoms with Crippen LogP contribution in [0.15, 0.2) is 11.1 Å². The van der Waals surface area contributed by atoms with Gasteiger partial charge in [-0.1, -0.05) is 11.1 Å². The molecule has 0 radical (unpaired) electrons. The fourth-order valence-electron chi connectivity index (χ4n) is 0.755. The number of rotatable bonds is 4. The summed E-state index contributed by atoms with van der Waals surface area (Å²) in [5.74, 6) is -0.702. The van der Waals surface area contributed by atoms with Crippen LogP contribution in [0.2, 0.25) is 0 Å². The average Bonchev–Trinajstić information content (AvgIpc) is 1.86. The number of carboxylic acids is 1. The molecule has 0 unspecified atom stereocenters. The quantitative estimate of drug-likeness (QED) is 0.635. The number of carboxylic acid groups (broad SMARTS) is 1. The van der Waals surface area contributed by atoms with Gasteiger partial charge >= 0.3 is 5.97 Å². The summed E-state index contributed by atoms with van der Waals surface area (Å²) in [5, 5.41) is 8.35. The van der Waals surface area contributed by atoms with E-state index in [0.717, 1.165) is 12.8 Å². The van der Waals surface area contributed by atoms with Gasteiger partial charge in [-0.25, -0.2) is 0 Å². The van der Waals surface area contributed by atoms with Gasteiger partial charge in [-0.05, 0) is 33.6 Å². The first-order chi connectivity index (χ1) is 5.04. The highest BCUT2D eigenvalue weighted by Crippen LogP contribution is 2.10. The molecule has 0 rings (SSSR count). The second-order valence-corrected chi connectivity index (χ2v) is 3.03. The van der Waals surface area contributed by atoms with Crippen LogP contribution in [0.3, 0.4) is 0 Å². The summed E-state index contributed by atoms with van der Waals surface area (Å²) in [6.07, 6.45) is 1.95. The van der Waals surface area contributed by atoms with Crippen LogP contribution in [-0.2, 0) is 4.79 Å². The lowest BCUT2D eigenvalue weighted by atomic mass is 10.1. The molecule has 0 saturated heterocycles. The Bertz CT molecular complexity index is 164. The highest BCUT2D eigenvalue weighted by Gasteiger charge is 1.97. The molecule has 0 aromatic heterocycles. The fraction of sp³-hybridized carbons (Fsp3) is 0.667. The molecular formula is C9H16O2. The van der Waals surface area contributed by atoms with E-state index in [4.69, 9.17) is 5.11 Å². The summed E-state index contributed by atoms with van der Waals surface area (Å²) in [7, 11) is 0. The van der Waals surface area contributed by atoms with Crippen LogP contribution in [0.4, 0.5) is 0 Å². The van der Waals surface area contributed by atoms with Gasteiger partial charge in [0.05, 0.1) is 0 Å². The maximum absolute atomic E-state index is 10.1. The van der Waals surface area contributed by atoms with E-state index in [0.29, 0.717) is 0 Å². The van der Waals surface area contributed by atoms with Crippen molar-refractivity contribution in [3.05, 3.63) is 11.1 Å². The molecule has 11 heavy (non-hydrogen) atoms. The van der Waals surface area contributed by atoms with Gasteiger partial charge in [0.1, 0.15) is 0 Å². The summed E-state index contributed by atoms with van der Waals surface area (Å²) >= 11 is 0. The predicted molar refractivity (Wildman–Crippen MR) is 45.5 cm³/mol. The van der Waals surface area contributed by atoms with Crippen molar-refractivity contribution in [2.24, 2.45) is 0 Å². The van der Waals surface area contributed by atoms with Gasteiger partial charge in [-0.15, -0.1) is 0 Å². The van der Waals surface area contributed by atoms with Gasteiger partial charge in [0, 0.05) is 6.42 Å². The maximum atomic E-state index is 10.1. The molecule has 0 saturated carbocycles. The molecule has 2 nitrogen and oxygen atoms in total. The van der Waals surface area contributed by atoms with Crippen molar-refractivity contribution >= 4 is 5.97 Å². The first kappa shape index (κ1) is 10.2. The predicted octanol–water partition coefficient (Wildman–Crippen LogP) is 2.60. The molecule has 0 aliphatic heterocycles. The summed E-state index contributed by atoms with van der Waals surface area (Å²) in [6.45, 7) is 6.16. The Balaban J connectivity index is 3.56. The van der Waals surface area contributed by atoms with Crippen molar-refractivity contribution in [1.82, 2.24) is 0 Å². The summed E-state index contributed by atoms with van der Waals surface area (Å²) in [5.41, 5.74) is 2.61. The molecular weight excluding hydrogens is 140 g/mol. The Morgan fingerprint density at radius 2 is 1.73 bits per heavy atom. The van der Waals surface area contributed by atoms with Gasteiger partial charge in [0.25, 0.3) is 0 Å². The number of hydrogen-bond acceptors (Lipinski definition) is 1. The second kappa shape index (κ2) is 4.94. The van der Waals surface area contributed by atoms with Crippen LogP contribution >= 0.6 is 0 Å². The molecule has 0 aromatic carbocycles. The fourth-order valence-corrected chi connectivity index (χ4v) is 0.755.